The minimum atomic E-state index is -0.112. The maximum Gasteiger partial charge on any atom is 0.252 e. The van der Waals surface area contributed by atoms with Gasteiger partial charge in [0.05, 0.1) is 5.56 Å². The van der Waals surface area contributed by atoms with Crippen molar-refractivity contribution in [1.82, 2.24) is 5.32 Å². The van der Waals surface area contributed by atoms with Gasteiger partial charge in [-0.1, -0.05) is 45.8 Å². The monoisotopic (exact) mass is 335 g/mol. The van der Waals surface area contributed by atoms with Crippen LogP contribution < -0.4 is 5.32 Å². The Morgan fingerprint density at radius 2 is 2.05 bits per heavy atom. The number of carbonyl (C=O) groups is 1. The summed E-state index contributed by atoms with van der Waals surface area (Å²) in [5, 5.41) is 2.90. The number of amides is 1. The summed E-state index contributed by atoms with van der Waals surface area (Å²) in [4.78, 5) is 12.7. The second-order valence-corrected chi connectivity index (χ2v) is 5.73. The molecule has 0 atom stereocenters. The molecule has 0 aliphatic rings. The molecule has 0 fully saturated rings. The molecule has 0 aliphatic heterocycles. The van der Waals surface area contributed by atoms with Crippen molar-refractivity contribution in [3.63, 3.8) is 0 Å². The third-order valence-corrected chi connectivity index (χ3v) is 3.60. The Balaban J connectivity index is 2.05. The molecule has 2 aromatic rings. The average Bonchev–Trinajstić information content (AvgIpc) is 2.36. The van der Waals surface area contributed by atoms with Gasteiger partial charge in [0.25, 0.3) is 5.91 Å². The number of hydrogen-bond donors (Lipinski definition) is 2. The molecular weight excluding hydrogens is 322 g/mol. The van der Waals surface area contributed by atoms with Crippen LogP contribution in [0.15, 0.2) is 51.8 Å². The molecular formula is C15H14BrNOS. The van der Waals surface area contributed by atoms with Gasteiger partial charge in [-0.2, -0.15) is 0 Å². The van der Waals surface area contributed by atoms with Gasteiger partial charge in [-0.3, -0.25) is 4.79 Å². The number of hydrogen-bond acceptors (Lipinski definition) is 2. The lowest BCUT2D eigenvalue weighted by molar-refractivity contribution is 0.0948. The molecule has 1 amide bonds. The smallest absolute Gasteiger partial charge is 0.252 e. The summed E-state index contributed by atoms with van der Waals surface area (Å²) < 4.78 is 0.910. The summed E-state index contributed by atoms with van der Waals surface area (Å²) in [7, 11) is 0. The first-order valence-electron chi connectivity index (χ1n) is 5.88. The quantitative estimate of drug-likeness (QED) is 0.816. The van der Waals surface area contributed by atoms with Crippen molar-refractivity contribution in [3.8, 4) is 0 Å². The van der Waals surface area contributed by atoms with Crippen LogP contribution in [-0.4, -0.2) is 5.91 Å². The van der Waals surface area contributed by atoms with E-state index in [-0.39, 0.29) is 5.91 Å². The molecule has 19 heavy (non-hydrogen) atoms. The number of thiol groups is 1. The Bertz CT molecular complexity index is 613. The Morgan fingerprint density at radius 1 is 1.26 bits per heavy atom. The normalized spacial score (nSPS) is 10.3. The van der Waals surface area contributed by atoms with Crippen LogP contribution >= 0.6 is 28.6 Å². The van der Waals surface area contributed by atoms with Crippen molar-refractivity contribution < 1.29 is 4.79 Å². The maximum absolute atomic E-state index is 12.1. The van der Waals surface area contributed by atoms with E-state index in [9.17, 15) is 4.79 Å². The predicted molar refractivity (Wildman–Crippen MR) is 83.7 cm³/mol. The van der Waals surface area contributed by atoms with Gasteiger partial charge in [0.15, 0.2) is 0 Å². The number of aryl methyl sites for hydroxylation is 1. The highest BCUT2D eigenvalue weighted by molar-refractivity contribution is 9.10. The largest absolute Gasteiger partial charge is 0.348 e. The van der Waals surface area contributed by atoms with Crippen LogP contribution in [0.2, 0.25) is 0 Å². The summed E-state index contributed by atoms with van der Waals surface area (Å²) in [5.74, 6) is -0.112. The van der Waals surface area contributed by atoms with Crippen LogP contribution in [0.25, 0.3) is 0 Å². The van der Waals surface area contributed by atoms with Crippen LogP contribution in [0, 0.1) is 6.92 Å². The summed E-state index contributed by atoms with van der Waals surface area (Å²) in [5.41, 5.74) is 2.86. The number of rotatable bonds is 3. The van der Waals surface area contributed by atoms with Gasteiger partial charge in [-0.25, -0.2) is 0 Å². The lowest BCUT2D eigenvalue weighted by Crippen LogP contribution is -2.23. The van der Waals surface area contributed by atoms with Gasteiger partial charge in [0, 0.05) is 15.9 Å². The molecule has 0 aliphatic carbocycles. The maximum atomic E-state index is 12.1. The number of nitrogens with one attached hydrogen (secondary N) is 1. The topological polar surface area (TPSA) is 29.1 Å². The fourth-order valence-corrected chi connectivity index (χ4v) is 2.65. The van der Waals surface area contributed by atoms with Crippen molar-refractivity contribution in [2.45, 2.75) is 18.4 Å². The Hall–Kier alpha value is -1.26. The minimum Gasteiger partial charge on any atom is -0.348 e. The summed E-state index contributed by atoms with van der Waals surface area (Å²) in [6, 6.07) is 13.5. The highest BCUT2D eigenvalue weighted by atomic mass is 79.9. The first kappa shape index (κ1) is 14.2. The molecule has 2 nitrogen and oxygen atoms in total. The SMILES string of the molecule is Cc1cccc(CNC(=O)c2ccc(Br)cc2S)c1. The van der Waals surface area contributed by atoms with E-state index in [4.69, 9.17) is 0 Å². The average molecular weight is 336 g/mol. The highest BCUT2D eigenvalue weighted by Crippen LogP contribution is 2.19. The number of halogens is 1. The molecule has 0 heterocycles. The van der Waals surface area contributed by atoms with E-state index in [0.29, 0.717) is 17.0 Å². The lowest BCUT2D eigenvalue weighted by Gasteiger charge is -2.08. The van der Waals surface area contributed by atoms with Crippen LogP contribution in [0.1, 0.15) is 21.5 Å². The van der Waals surface area contributed by atoms with Gasteiger partial charge in [0.1, 0.15) is 0 Å². The molecule has 2 rings (SSSR count). The second kappa shape index (κ2) is 6.26. The fraction of sp³-hybridized carbons (Fsp3) is 0.133. The molecule has 0 radical (unpaired) electrons. The molecule has 0 saturated carbocycles. The van der Waals surface area contributed by atoms with Gasteiger partial charge >= 0.3 is 0 Å². The molecule has 4 heteroatoms. The minimum absolute atomic E-state index is 0.112. The van der Waals surface area contributed by atoms with Gasteiger partial charge in [0.2, 0.25) is 0 Å². The third kappa shape index (κ3) is 3.85. The molecule has 2 aromatic carbocycles. The van der Waals surface area contributed by atoms with Crippen molar-refractivity contribution in [2.24, 2.45) is 0 Å². The van der Waals surface area contributed by atoms with Gasteiger partial charge in [-0.15, -0.1) is 12.6 Å². The highest BCUT2D eigenvalue weighted by Gasteiger charge is 2.09. The molecule has 0 unspecified atom stereocenters. The van der Waals surface area contributed by atoms with E-state index in [1.807, 2.05) is 37.3 Å². The Kier molecular flexibility index (Phi) is 4.66. The Morgan fingerprint density at radius 3 is 2.74 bits per heavy atom. The van der Waals surface area contributed by atoms with E-state index in [0.717, 1.165) is 10.0 Å². The van der Waals surface area contributed by atoms with E-state index < -0.39 is 0 Å². The summed E-state index contributed by atoms with van der Waals surface area (Å²) in [6.07, 6.45) is 0. The molecule has 0 bridgehead atoms. The van der Waals surface area contributed by atoms with Gasteiger partial charge in [-0.05, 0) is 30.7 Å². The zero-order valence-corrected chi connectivity index (χ0v) is 13.0. The Labute approximate surface area is 126 Å². The zero-order valence-electron chi connectivity index (χ0n) is 10.5. The molecule has 0 spiro atoms. The summed E-state index contributed by atoms with van der Waals surface area (Å²) >= 11 is 7.66. The van der Waals surface area contributed by atoms with E-state index in [1.165, 1.54) is 5.56 Å². The van der Waals surface area contributed by atoms with Crippen LogP contribution in [0.5, 0.6) is 0 Å². The van der Waals surface area contributed by atoms with E-state index in [2.05, 4.69) is 39.9 Å². The zero-order chi connectivity index (χ0) is 13.8. The number of carbonyl (C=O) groups excluding carboxylic acids is 1. The molecule has 0 saturated heterocycles. The molecule has 0 aromatic heterocycles. The van der Waals surface area contributed by atoms with Crippen molar-refractivity contribution in [3.05, 3.63) is 63.6 Å². The van der Waals surface area contributed by atoms with Crippen molar-refractivity contribution in [1.29, 1.82) is 0 Å². The molecule has 98 valence electrons. The van der Waals surface area contributed by atoms with Crippen LogP contribution in [0.3, 0.4) is 0 Å². The predicted octanol–water partition coefficient (Wildman–Crippen LogP) is 3.98. The van der Waals surface area contributed by atoms with Crippen LogP contribution in [-0.2, 0) is 6.54 Å². The standard InChI is InChI=1S/C15H14BrNOS/c1-10-3-2-4-11(7-10)9-17-15(18)13-6-5-12(16)8-14(13)19/h2-8,19H,9H2,1H3,(H,17,18). The van der Waals surface area contributed by atoms with Gasteiger partial charge < -0.3 is 5.32 Å². The number of benzene rings is 2. The first-order valence-corrected chi connectivity index (χ1v) is 7.12. The van der Waals surface area contributed by atoms with Crippen molar-refractivity contribution in [2.75, 3.05) is 0 Å². The van der Waals surface area contributed by atoms with Crippen LogP contribution in [0.4, 0.5) is 0 Å². The van der Waals surface area contributed by atoms with E-state index in [1.54, 1.807) is 6.07 Å². The van der Waals surface area contributed by atoms with Crippen molar-refractivity contribution >= 4 is 34.5 Å². The second-order valence-electron chi connectivity index (χ2n) is 4.33. The van der Waals surface area contributed by atoms with E-state index >= 15 is 0 Å². The molecule has 1 N–H and O–H groups in total. The first-order chi connectivity index (χ1) is 9.06. The lowest BCUT2D eigenvalue weighted by atomic mass is 10.1. The fourth-order valence-electron chi connectivity index (χ4n) is 1.80. The third-order valence-electron chi connectivity index (χ3n) is 2.74. The summed E-state index contributed by atoms with van der Waals surface area (Å²) in [6.45, 7) is 2.55.